The lowest BCUT2D eigenvalue weighted by Gasteiger charge is -2.10. The van der Waals surface area contributed by atoms with Crippen molar-refractivity contribution in [1.29, 1.82) is 0 Å². The number of thiophene rings is 2. The van der Waals surface area contributed by atoms with Crippen LogP contribution in [0.25, 0.3) is 64.5 Å². The fourth-order valence-electron chi connectivity index (χ4n) is 7.27. The highest BCUT2D eigenvalue weighted by Gasteiger charge is 2.30. The molecule has 0 aliphatic carbocycles. The summed E-state index contributed by atoms with van der Waals surface area (Å²) < 4.78 is 16.2. The van der Waals surface area contributed by atoms with Gasteiger partial charge in [0, 0.05) is 31.3 Å². The molecule has 0 aliphatic rings. The molecule has 6 heterocycles. The van der Waals surface area contributed by atoms with Crippen molar-refractivity contribution in [2.45, 2.75) is 65.2 Å². The summed E-state index contributed by atoms with van der Waals surface area (Å²) in [5.41, 5.74) is 4.15. The number of rotatable bonds is 14. The molecule has 0 aliphatic heterocycles. The van der Waals surface area contributed by atoms with E-state index in [0.717, 1.165) is 90.5 Å². The van der Waals surface area contributed by atoms with E-state index in [2.05, 4.69) is 13.8 Å². The molecular formula is C40H38N2O4S2. The average Bonchev–Trinajstić information content (AvgIpc) is 3.91. The molecule has 0 atom stereocenters. The normalized spacial score (nSPS) is 12.1. The van der Waals surface area contributed by atoms with E-state index in [-0.39, 0.29) is 11.1 Å². The van der Waals surface area contributed by atoms with Crippen LogP contribution in [0.1, 0.15) is 65.2 Å². The minimum absolute atomic E-state index is 0.0887. The molecule has 8 aromatic rings. The maximum absolute atomic E-state index is 14.9. The van der Waals surface area contributed by atoms with Gasteiger partial charge in [0.1, 0.15) is 11.5 Å². The molecule has 0 fully saturated rings. The molecule has 48 heavy (non-hydrogen) atoms. The van der Waals surface area contributed by atoms with E-state index in [1.54, 1.807) is 22.7 Å². The first-order chi connectivity index (χ1) is 23.6. The largest absolute Gasteiger partial charge is 0.494 e. The van der Waals surface area contributed by atoms with Crippen molar-refractivity contribution in [2.24, 2.45) is 0 Å². The molecule has 0 N–H and O–H groups in total. The van der Waals surface area contributed by atoms with Crippen molar-refractivity contribution in [1.82, 2.24) is 8.80 Å². The topological polar surface area (TPSA) is 61.4 Å². The Balaban J connectivity index is 1.45. The van der Waals surface area contributed by atoms with Crippen LogP contribution in [0, 0.1) is 0 Å². The predicted molar refractivity (Wildman–Crippen MR) is 202 cm³/mol. The highest BCUT2D eigenvalue weighted by molar-refractivity contribution is 7.14. The molecule has 8 rings (SSSR count). The summed E-state index contributed by atoms with van der Waals surface area (Å²) in [5.74, 6) is 1.50. The number of pyridine rings is 2. The first-order valence-corrected chi connectivity index (χ1v) is 18.9. The summed E-state index contributed by atoms with van der Waals surface area (Å²) in [5, 5.41) is 7.31. The molecule has 8 heteroatoms. The van der Waals surface area contributed by atoms with Crippen molar-refractivity contribution < 1.29 is 9.47 Å². The Hall–Kier alpha value is -4.40. The van der Waals surface area contributed by atoms with Crippen LogP contribution in [0.3, 0.4) is 0 Å². The number of fused-ring (bicyclic) bond motifs is 6. The Labute approximate surface area is 286 Å². The molecule has 0 radical (unpaired) electrons. The molecule has 6 nitrogen and oxygen atoms in total. The van der Waals surface area contributed by atoms with Crippen molar-refractivity contribution in [3.05, 3.63) is 92.1 Å². The van der Waals surface area contributed by atoms with Gasteiger partial charge in [-0.3, -0.25) is 18.4 Å². The van der Waals surface area contributed by atoms with Gasteiger partial charge in [0.05, 0.1) is 46.4 Å². The van der Waals surface area contributed by atoms with Crippen LogP contribution in [0.2, 0.25) is 0 Å². The number of ether oxygens (including phenoxy) is 2. The third-order valence-corrected chi connectivity index (χ3v) is 11.3. The van der Waals surface area contributed by atoms with Gasteiger partial charge in [0.15, 0.2) is 0 Å². The number of benzene rings is 2. The molecule has 0 unspecified atom stereocenters. The van der Waals surface area contributed by atoms with Gasteiger partial charge in [0.25, 0.3) is 11.1 Å². The predicted octanol–water partition coefficient (Wildman–Crippen LogP) is 10.6. The quantitative estimate of drug-likeness (QED) is 0.108. The van der Waals surface area contributed by atoms with Crippen LogP contribution in [-0.2, 0) is 0 Å². The Morgan fingerprint density at radius 2 is 1.04 bits per heavy atom. The lowest BCUT2D eigenvalue weighted by Crippen LogP contribution is -2.19. The lowest BCUT2D eigenvalue weighted by atomic mass is 10.0. The first kappa shape index (κ1) is 30.9. The molecule has 0 saturated carbocycles. The van der Waals surface area contributed by atoms with Crippen LogP contribution in [0.15, 0.2) is 81.0 Å². The van der Waals surface area contributed by atoms with E-state index in [1.807, 2.05) is 80.2 Å². The fraction of sp³-hybridized carbons (Fsp3) is 0.300. The summed E-state index contributed by atoms with van der Waals surface area (Å²) in [7, 11) is 0. The number of aromatic nitrogens is 2. The van der Waals surface area contributed by atoms with E-state index < -0.39 is 0 Å². The third kappa shape index (κ3) is 4.96. The lowest BCUT2D eigenvalue weighted by molar-refractivity contribution is 0.305. The van der Waals surface area contributed by atoms with E-state index >= 15 is 0 Å². The van der Waals surface area contributed by atoms with Crippen molar-refractivity contribution >= 4 is 66.3 Å². The number of unbranched alkanes of at least 4 members (excludes halogenated alkanes) is 6. The maximum Gasteiger partial charge on any atom is 0.265 e. The van der Waals surface area contributed by atoms with E-state index in [0.29, 0.717) is 24.3 Å². The van der Waals surface area contributed by atoms with Gasteiger partial charge in [-0.05, 0) is 72.1 Å². The summed E-state index contributed by atoms with van der Waals surface area (Å²) in [6, 6.07) is 19.9. The smallest absolute Gasteiger partial charge is 0.265 e. The Kier molecular flexibility index (Phi) is 8.30. The van der Waals surface area contributed by atoms with E-state index in [4.69, 9.17) is 9.47 Å². The van der Waals surface area contributed by atoms with Gasteiger partial charge in [0.2, 0.25) is 0 Å². The van der Waals surface area contributed by atoms with Crippen LogP contribution in [0.4, 0.5) is 0 Å². The average molecular weight is 675 g/mol. The van der Waals surface area contributed by atoms with Gasteiger partial charge in [-0.1, -0.05) is 64.5 Å². The van der Waals surface area contributed by atoms with E-state index in [9.17, 15) is 9.59 Å². The zero-order chi connectivity index (χ0) is 32.8. The molecule has 0 bridgehead atoms. The monoisotopic (exact) mass is 674 g/mol. The van der Waals surface area contributed by atoms with E-state index in [1.165, 1.54) is 25.7 Å². The van der Waals surface area contributed by atoms with Crippen LogP contribution < -0.4 is 20.6 Å². The highest BCUT2D eigenvalue weighted by Crippen LogP contribution is 2.45. The van der Waals surface area contributed by atoms with Crippen LogP contribution in [-0.4, -0.2) is 22.0 Å². The standard InChI is InChI=1S/C40H38N2O4S2/c1-3-5-7-9-19-45-25-15-17-29-27(23-25)33-35(31-13-11-21-47-31)39(43)42-30-18-16-26(46-20-10-8-6-4-2)24-28(30)34-36(32-14-12-22-48-32)40(44)41(29)37(33)38(34)42/h11-18,21-24H,3-10,19-20H2,1-2H3. The minimum atomic E-state index is -0.0887. The zero-order valence-corrected chi connectivity index (χ0v) is 29.0. The van der Waals surface area contributed by atoms with Gasteiger partial charge < -0.3 is 9.47 Å². The molecule has 0 amide bonds. The molecule has 0 spiro atoms. The Bertz CT molecular complexity index is 2300. The molecule has 0 saturated heterocycles. The molecule has 6 aromatic heterocycles. The molecule has 2 aromatic carbocycles. The number of hydrogen-bond donors (Lipinski definition) is 0. The zero-order valence-electron chi connectivity index (χ0n) is 27.3. The van der Waals surface area contributed by atoms with Crippen molar-refractivity contribution in [3.8, 4) is 32.4 Å². The second kappa shape index (κ2) is 12.9. The van der Waals surface area contributed by atoms with Crippen LogP contribution in [0.5, 0.6) is 11.5 Å². The van der Waals surface area contributed by atoms with Gasteiger partial charge in [-0.2, -0.15) is 0 Å². The van der Waals surface area contributed by atoms with Crippen molar-refractivity contribution in [3.63, 3.8) is 0 Å². The summed E-state index contributed by atoms with van der Waals surface area (Å²) in [6.07, 6.45) is 8.96. The Morgan fingerprint density at radius 1 is 0.583 bits per heavy atom. The third-order valence-electron chi connectivity index (χ3n) is 9.50. The van der Waals surface area contributed by atoms with Gasteiger partial charge >= 0.3 is 0 Å². The number of hydrogen-bond acceptors (Lipinski definition) is 6. The Morgan fingerprint density at radius 3 is 1.44 bits per heavy atom. The molecular weight excluding hydrogens is 637 g/mol. The SMILES string of the molecule is CCCCCCOc1ccc2c(c1)c1c(-c3cccs3)c(=O)n3c4ccc(OCCCCCC)cc4c4c(-c5cccs5)c(=O)n2c1c43. The summed E-state index contributed by atoms with van der Waals surface area (Å²) >= 11 is 3.08. The van der Waals surface area contributed by atoms with Gasteiger partial charge in [-0.25, -0.2) is 0 Å². The summed E-state index contributed by atoms with van der Waals surface area (Å²) in [4.78, 5) is 31.6. The molecule has 244 valence electrons. The summed E-state index contributed by atoms with van der Waals surface area (Å²) in [6.45, 7) is 5.67. The first-order valence-electron chi connectivity index (χ1n) is 17.2. The fourth-order valence-corrected chi connectivity index (χ4v) is 8.81. The minimum Gasteiger partial charge on any atom is -0.494 e. The maximum atomic E-state index is 14.9. The highest BCUT2D eigenvalue weighted by atomic mass is 32.1. The van der Waals surface area contributed by atoms with Crippen LogP contribution >= 0.6 is 22.7 Å². The van der Waals surface area contributed by atoms with Crippen molar-refractivity contribution in [2.75, 3.05) is 13.2 Å². The van der Waals surface area contributed by atoms with Gasteiger partial charge in [-0.15, -0.1) is 22.7 Å². The second-order valence-electron chi connectivity index (χ2n) is 12.6. The second-order valence-corrected chi connectivity index (χ2v) is 14.5. The number of nitrogens with zero attached hydrogens (tertiary/aromatic N) is 2.